The van der Waals surface area contributed by atoms with E-state index in [-0.39, 0.29) is 32.2 Å². The van der Waals surface area contributed by atoms with E-state index in [1.165, 1.54) is 12.2 Å². The lowest BCUT2D eigenvalue weighted by Gasteiger charge is -2.58. The first-order valence-electron chi connectivity index (χ1n) is 13.8. The molecule has 11 unspecified atom stereocenters. The van der Waals surface area contributed by atoms with Gasteiger partial charge >= 0.3 is 11.9 Å². The molecule has 0 aromatic carbocycles. The van der Waals surface area contributed by atoms with Crippen molar-refractivity contribution in [1.29, 1.82) is 0 Å². The van der Waals surface area contributed by atoms with Gasteiger partial charge in [0.25, 0.3) is 0 Å². The van der Waals surface area contributed by atoms with Gasteiger partial charge in [0.15, 0.2) is 0 Å². The van der Waals surface area contributed by atoms with Crippen LogP contribution in [0.1, 0.15) is 47.0 Å². The first kappa shape index (κ1) is 28.4. The van der Waals surface area contributed by atoms with Gasteiger partial charge < -0.3 is 39.0 Å². The van der Waals surface area contributed by atoms with Crippen LogP contribution in [0.4, 0.5) is 0 Å². The van der Waals surface area contributed by atoms with Crippen LogP contribution in [-0.2, 0) is 33.3 Å². The number of allylic oxidation sites excluding steroid dienone is 2. The molecule has 3 N–H and O–H groups in total. The van der Waals surface area contributed by atoms with Crippen LogP contribution < -0.4 is 0 Å². The summed E-state index contributed by atoms with van der Waals surface area (Å²) >= 11 is 0. The fourth-order valence-electron chi connectivity index (χ4n) is 7.02. The van der Waals surface area contributed by atoms with Gasteiger partial charge in [-0.15, -0.1) is 0 Å². The molecule has 2 spiro atoms. The molecule has 11 atom stereocenters. The second-order valence-corrected chi connectivity index (χ2v) is 12.1. The zero-order valence-corrected chi connectivity index (χ0v) is 22.9. The Bertz CT molecular complexity index is 1060. The monoisotopic (exact) mass is 548 g/mol. The van der Waals surface area contributed by atoms with Crippen molar-refractivity contribution in [2.75, 3.05) is 19.8 Å². The highest BCUT2D eigenvalue weighted by atomic mass is 16.6. The van der Waals surface area contributed by atoms with Gasteiger partial charge in [-0.1, -0.05) is 38.2 Å². The second-order valence-electron chi connectivity index (χ2n) is 12.1. The van der Waals surface area contributed by atoms with Crippen LogP contribution in [0.25, 0.3) is 0 Å². The summed E-state index contributed by atoms with van der Waals surface area (Å²) in [5, 5.41) is 31.7. The maximum atomic E-state index is 13.1. The third-order valence-corrected chi connectivity index (χ3v) is 9.79. The fraction of sp³-hybridized carbons (Fsp3) is 0.724. The van der Waals surface area contributed by atoms with Crippen LogP contribution in [0.5, 0.6) is 0 Å². The van der Waals surface area contributed by atoms with Crippen molar-refractivity contribution in [3.63, 3.8) is 0 Å². The molecule has 216 valence electrons. The fourth-order valence-corrected chi connectivity index (χ4v) is 7.02. The second kappa shape index (κ2) is 10.4. The summed E-state index contributed by atoms with van der Waals surface area (Å²) in [6.07, 6.45) is 3.77. The summed E-state index contributed by atoms with van der Waals surface area (Å²) in [7, 11) is 0. The first-order valence-corrected chi connectivity index (χ1v) is 13.8. The Kier molecular flexibility index (Phi) is 7.58. The molecular weight excluding hydrogens is 508 g/mol. The van der Waals surface area contributed by atoms with Gasteiger partial charge in [0.2, 0.25) is 0 Å². The van der Waals surface area contributed by atoms with Gasteiger partial charge in [-0.05, 0) is 31.8 Å². The number of hydrogen-bond donors (Lipinski definition) is 3. The summed E-state index contributed by atoms with van der Waals surface area (Å²) in [6, 6.07) is 0. The Morgan fingerprint density at radius 3 is 2.56 bits per heavy atom. The molecule has 2 bridgehead atoms. The molecule has 3 fully saturated rings. The van der Waals surface area contributed by atoms with Crippen molar-refractivity contribution in [3.8, 4) is 0 Å². The minimum atomic E-state index is -0.969. The summed E-state index contributed by atoms with van der Waals surface area (Å²) in [6.45, 7) is 7.40. The lowest BCUT2D eigenvalue weighted by Crippen LogP contribution is -2.68. The van der Waals surface area contributed by atoms with Gasteiger partial charge in [0.1, 0.15) is 24.4 Å². The standard InChI is InChI=1S/C29H40O10/c1-16-9-23-28(12-19(16)31)14-36-26(34)10-17(2)20(32)13-35-21(18(3)30)7-5-6-8-25(33)39-22-11-24(38-23)29(15-37-29)27(22,28)4/h5-9,17-24,30-32H,10-15H2,1-4H3/b7-5?,8-6+. The average Bonchev–Trinajstić information content (AvgIpc) is 3.65. The number of epoxide rings is 1. The molecule has 3 heterocycles. The summed E-state index contributed by atoms with van der Waals surface area (Å²) in [5.41, 5.74) is -1.66. The summed E-state index contributed by atoms with van der Waals surface area (Å²) in [4.78, 5) is 26.0. The maximum Gasteiger partial charge on any atom is 0.331 e. The topological polar surface area (TPSA) is 144 Å². The maximum absolute atomic E-state index is 13.1. The van der Waals surface area contributed by atoms with Gasteiger partial charge in [0, 0.05) is 17.9 Å². The first-order chi connectivity index (χ1) is 18.4. The average molecular weight is 549 g/mol. The van der Waals surface area contributed by atoms with Crippen molar-refractivity contribution in [2.24, 2.45) is 16.7 Å². The lowest BCUT2D eigenvalue weighted by atomic mass is 9.51. The van der Waals surface area contributed by atoms with Crippen molar-refractivity contribution >= 4 is 11.9 Å². The molecule has 1 saturated carbocycles. The van der Waals surface area contributed by atoms with E-state index in [1.807, 2.05) is 19.9 Å². The predicted molar refractivity (Wildman–Crippen MR) is 137 cm³/mol. The number of esters is 2. The highest BCUT2D eigenvalue weighted by Gasteiger charge is 2.83. The molecule has 39 heavy (non-hydrogen) atoms. The van der Waals surface area contributed by atoms with Gasteiger partial charge in [-0.25, -0.2) is 4.79 Å². The number of hydrogen-bond acceptors (Lipinski definition) is 10. The predicted octanol–water partition coefficient (Wildman–Crippen LogP) is 1.36. The zero-order valence-electron chi connectivity index (χ0n) is 22.9. The Labute approximate surface area is 228 Å². The normalized spacial score (nSPS) is 48.2. The van der Waals surface area contributed by atoms with Crippen LogP contribution in [0.2, 0.25) is 0 Å². The number of ether oxygens (including phenoxy) is 5. The summed E-state index contributed by atoms with van der Waals surface area (Å²) < 4.78 is 30.2. The van der Waals surface area contributed by atoms with Crippen molar-refractivity contribution in [3.05, 3.63) is 36.0 Å². The molecule has 0 amide bonds. The van der Waals surface area contributed by atoms with Gasteiger partial charge in [0.05, 0.1) is 55.6 Å². The smallest absolute Gasteiger partial charge is 0.331 e. The van der Waals surface area contributed by atoms with E-state index in [0.717, 1.165) is 5.57 Å². The number of aliphatic hydroxyl groups excluding tert-OH is 3. The van der Waals surface area contributed by atoms with E-state index in [1.54, 1.807) is 26.0 Å². The third-order valence-electron chi connectivity index (χ3n) is 9.79. The molecule has 0 radical (unpaired) electrons. The molecule has 0 aromatic heterocycles. The van der Waals surface area contributed by atoms with Crippen molar-refractivity contribution in [1.82, 2.24) is 0 Å². The van der Waals surface area contributed by atoms with E-state index >= 15 is 0 Å². The summed E-state index contributed by atoms with van der Waals surface area (Å²) in [5.74, 6) is -1.53. The van der Waals surface area contributed by atoms with Crippen LogP contribution in [0, 0.1) is 16.7 Å². The van der Waals surface area contributed by atoms with E-state index in [0.29, 0.717) is 13.0 Å². The Morgan fingerprint density at radius 2 is 1.87 bits per heavy atom. The number of rotatable bonds is 1. The van der Waals surface area contributed by atoms with Crippen LogP contribution >= 0.6 is 0 Å². The van der Waals surface area contributed by atoms with Gasteiger partial charge in [-0.3, -0.25) is 4.79 Å². The Morgan fingerprint density at radius 1 is 1.13 bits per heavy atom. The highest BCUT2D eigenvalue weighted by molar-refractivity contribution is 5.82. The van der Waals surface area contributed by atoms with Crippen molar-refractivity contribution in [2.45, 2.75) is 95.3 Å². The Balaban J connectivity index is 1.52. The largest absolute Gasteiger partial charge is 0.465 e. The quantitative estimate of drug-likeness (QED) is 0.250. The number of aliphatic hydroxyl groups is 3. The van der Waals surface area contributed by atoms with Crippen LogP contribution in [-0.4, -0.2) is 95.4 Å². The van der Waals surface area contributed by atoms with E-state index in [2.05, 4.69) is 0 Å². The van der Waals surface area contributed by atoms with E-state index < -0.39 is 70.9 Å². The van der Waals surface area contributed by atoms with E-state index in [9.17, 15) is 24.9 Å². The van der Waals surface area contributed by atoms with Crippen LogP contribution in [0.3, 0.4) is 0 Å². The molecule has 2 aliphatic carbocycles. The molecule has 5 rings (SSSR count). The molecular formula is C29H40O10. The molecule has 5 aliphatic rings. The molecule has 0 aromatic rings. The van der Waals surface area contributed by atoms with Crippen molar-refractivity contribution < 1.29 is 48.6 Å². The highest BCUT2D eigenvalue weighted by Crippen LogP contribution is 2.72. The minimum Gasteiger partial charge on any atom is -0.465 e. The van der Waals surface area contributed by atoms with Gasteiger partial charge in [-0.2, -0.15) is 0 Å². The lowest BCUT2D eigenvalue weighted by molar-refractivity contribution is -0.239. The molecule has 3 aliphatic heterocycles. The molecule has 10 nitrogen and oxygen atoms in total. The molecule has 10 heteroatoms. The zero-order chi connectivity index (χ0) is 28.2. The SMILES string of the molecule is CC1=CC2OC3CC4OC(=O)/C=C/C=CC(C(C)O)OCC(O)C(C)CC(=O)OCC2(CC1O)C4(C)C31CO1. The molecule has 2 saturated heterocycles. The number of carbonyl (C=O) groups excluding carboxylic acids is 2. The number of cyclic esters (lactones) is 1. The Hall–Kier alpha value is -2.08. The third kappa shape index (κ3) is 4.69. The number of carbonyl (C=O) groups is 2. The van der Waals surface area contributed by atoms with Crippen LogP contribution in [0.15, 0.2) is 36.0 Å². The minimum absolute atomic E-state index is 0.0547. The van der Waals surface area contributed by atoms with E-state index in [4.69, 9.17) is 23.7 Å².